The minimum atomic E-state index is -3.31. The molecule has 2 amide bonds. The normalized spacial score (nSPS) is 16.0. The van der Waals surface area contributed by atoms with Crippen LogP contribution in [0.15, 0.2) is 54.6 Å². The number of rotatable bonds is 9. The molecule has 3 rings (SSSR count). The number of alkyl carbamates (subject to hydrolysis) is 1. The molecule has 0 saturated heterocycles. The molecule has 2 aromatic rings. The zero-order chi connectivity index (χ0) is 22.3. The Kier molecular flexibility index (Phi) is 7.51. The van der Waals surface area contributed by atoms with Gasteiger partial charge >= 0.3 is 6.09 Å². The summed E-state index contributed by atoms with van der Waals surface area (Å²) in [4.78, 5) is 24.8. The Balaban J connectivity index is 1.53. The summed E-state index contributed by atoms with van der Waals surface area (Å²) in [7, 11) is -3.31. The summed E-state index contributed by atoms with van der Waals surface area (Å²) in [6, 6.07) is 15.7. The average Bonchev–Trinajstić information content (AvgIpc) is 3.16. The Hall–Kier alpha value is -3.07. The minimum absolute atomic E-state index is 0.0429. The van der Waals surface area contributed by atoms with Crippen LogP contribution in [0, 0.1) is 0 Å². The number of hydrogen-bond donors (Lipinski definition) is 2. The molecule has 1 aliphatic heterocycles. The third kappa shape index (κ3) is 7.29. The first-order valence-corrected chi connectivity index (χ1v) is 12.0. The van der Waals surface area contributed by atoms with Gasteiger partial charge in [0.2, 0.25) is 5.91 Å². The third-order valence-electron chi connectivity index (χ3n) is 4.82. The van der Waals surface area contributed by atoms with E-state index in [0.29, 0.717) is 6.42 Å². The van der Waals surface area contributed by atoms with E-state index in [1.165, 1.54) is 0 Å². The smallest absolute Gasteiger partial charge is 0.408 e. The van der Waals surface area contributed by atoms with Crippen LogP contribution in [-0.4, -0.2) is 51.1 Å². The lowest BCUT2D eigenvalue weighted by Crippen LogP contribution is -2.49. The van der Waals surface area contributed by atoms with Crippen molar-refractivity contribution in [3.63, 3.8) is 0 Å². The highest BCUT2D eigenvalue weighted by Gasteiger charge is 2.26. The van der Waals surface area contributed by atoms with E-state index in [0.717, 1.165) is 23.1 Å². The summed E-state index contributed by atoms with van der Waals surface area (Å²) in [6.07, 6.45) is 0.677. The standard InChI is InChI=1S/C22H26N2O6S/c1-31(27,28)12-11-19(24-22(26)29-15-16-7-3-2-4-8-16)21(25)23-14-18-13-17-9-5-6-10-20(17)30-18/h2-10,18-19H,11-15H2,1H3,(H,23,25)(H,24,26). The van der Waals surface area contributed by atoms with Crippen LogP contribution in [0.1, 0.15) is 17.5 Å². The number of carbonyl (C=O) groups is 2. The zero-order valence-corrected chi connectivity index (χ0v) is 18.1. The molecule has 8 nitrogen and oxygen atoms in total. The predicted molar refractivity (Wildman–Crippen MR) is 115 cm³/mol. The molecule has 1 aliphatic rings. The second-order valence-electron chi connectivity index (χ2n) is 7.47. The average molecular weight is 447 g/mol. The van der Waals surface area contributed by atoms with E-state index in [-0.39, 0.29) is 31.4 Å². The van der Waals surface area contributed by atoms with Crippen LogP contribution >= 0.6 is 0 Å². The van der Waals surface area contributed by atoms with E-state index in [1.54, 1.807) is 12.1 Å². The maximum Gasteiger partial charge on any atom is 0.408 e. The number of nitrogens with one attached hydrogen (secondary N) is 2. The van der Waals surface area contributed by atoms with Crippen molar-refractivity contribution < 1.29 is 27.5 Å². The molecule has 31 heavy (non-hydrogen) atoms. The second-order valence-corrected chi connectivity index (χ2v) is 9.73. The fourth-order valence-electron chi connectivity index (χ4n) is 3.21. The zero-order valence-electron chi connectivity index (χ0n) is 17.2. The van der Waals surface area contributed by atoms with Gasteiger partial charge in [-0.1, -0.05) is 48.5 Å². The third-order valence-corrected chi connectivity index (χ3v) is 5.79. The van der Waals surface area contributed by atoms with Crippen LogP contribution in [0.5, 0.6) is 5.75 Å². The molecular weight excluding hydrogens is 420 g/mol. The van der Waals surface area contributed by atoms with Gasteiger partial charge < -0.3 is 20.1 Å². The van der Waals surface area contributed by atoms with Crippen LogP contribution in [0.2, 0.25) is 0 Å². The topological polar surface area (TPSA) is 111 Å². The van der Waals surface area contributed by atoms with Crippen LogP contribution in [0.25, 0.3) is 0 Å². The van der Waals surface area contributed by atoms with Crippen molar-refractivity contribution in [3.8, 4) is 5.75 Å². The van der Waals surface area contributed by atoms with Crippen molar-refractivity contribution >= 4 is 21.8 Å². The Morgan fingerprint density at radius 1 is 1.13 bits per heavy atom. The van der Waals surface area contributed by atoms with E-state index in [2.05, 4.69) is 10.6 Å². The van der Waals surface area contributed by atoms with Gasteiger partial charge in [-0.05, 0) is 23.6 Å². The number of para-hydroxylation sites is 1. The van der Waals surface area contributed by atoms with E-state index < -0.39 is 27.9 Å². The SMILES string of the molecule is CS(=O)(=O)CCC(NC(=O)OCc1ccccc1)C(=O)NCC1Cc2ccccc2O1. The molecule has 0 bridgehead atoms. The summed E-state index contributed by atoms with van der Waals surface area (Å²) in [5, 5.41) is 5.22. The van der Waals surface area contributed by atoms with Gasteiger partial charge in [0.15, 0.2) is 0 Å². The number of amides is 2. The maximum atomic E-state index is 12.7. The molecule has 2 aromatic carbocycles. The number of benzene rings is 2. The highest BCUT2D eigenvalue weighted by molar-refractivity contribution is 7.90. The first kappa shape index (κ1) is 22.6. The van der Waals surface area contributed by atoms with E-state index in [1.807, 2.05) is 42.5 Å². The quantitative estimate of drug-likeness (QED) is 0.608. The van der Waals surface area contributed by atoms with Gasteiger partial charge in [0, 0.05) is 12.7 Å². The van der Waals surface area contributed by atoms with Gasteiger partial charge in [0.25, 0.3) is 0 Å². The second kappa shape index (κ2) is 10.3. The predicted octanol–water partition coefficient (Wildman–Crippen LogP) is 1.84. The Bertz CT molecular complexity index is 985. The van der Waals surface area contributed by atoms with E-state index in [9.17, 15) is 18.0 Å². The molecule has 0 aromatic heterocycles. The van der Waals surface area contributed by atoms with Crippen molar-refractivity contribution in [1.29, 1.82) is 0 Å². The molecule has 2 unspecified atom stereocenters. The largest absolute Gasteiger partial charge is 0.488 e. The molecule has 0 saturated carbocycles. The van der Waals surface area contributed by atoms with E-state index in [4.69, 9.17) is 9.47 Å². The van der Waals surface area contributed by atoms with Crippen LogP contribution < -0.4 is 15.4 Å². The van der Waals surface area contributed by atoms with Gasteiger partial charge in [0.1, 0.15) is 34.3 Å². The molecule has 166 valence electrons. The van der Waals surface area contributed by atoms with Crippen LogP contribution in [-0.2, 0) is 32.4 Å². The van der Waals surface area contributed by atoms with Crippen LogP contribution in [0.4, 0.5) is 4.79 Å². The summed E-state index contributed by atoms with van der Waals surface area (Å²) >= 11 is 0. The van der Waals surface area contributed by atoms with Crippen molar-refractivity contribution in [2.45, 2.75) is 31.6 Å². The lowest BCUT2D eigenvalue weighted by atomic mass is 10.1. The molecule has 1 heterocycles. The molecule has 0 radical (unpaired) electrons. The van der Waals surface area contributed by atoms with Gasteiger partial charge in [-0.3, -0.25) is 4.79 Å². The van der Waals surface area contributed by atoms with E-state index >= 15 is 0 Å². The highest BCUT2D eigenvalue weighted by atomic mass is 32.2. The first-order chi connectivity index (χ1) is 14.8. The van der Waals surface area contributed by atoms with Crippen molar-refractivity contribution in [2.24, 2.45) is 0 Å². The molecule has 2 atom stereocenters. The van der Waals surface area contributed by atoms with Gasteiger partial charge in [-0.2, -0.15) is 0 Å². The molecule has 0 aliphatic carbocycles. The Morgan fingerprint density at radius 3 is 2.55 bits per heavy atom. The molecule has 2 N–H and O–H groups in total. The van der Waals surface area contributed by atoms with Crippen molar-refractivity contribution in [1.82, 2.24) is 10.6 Å². The van der Waals surface area contributed by atoms with Gasteiger partial charge in [0.05, 0.1) is 12.3 Å². The summed E-state index contributed by atoms with van der Waals surface area (Å²) in [5.41, 5.74) is 1.87. The minimum Gasteiger partial charge on any atom is -0.488 e. The maximum absolute atomic E-state index is 12.7. The number of carbonyl (C=O) groups excluding carboxylic acids is 2. The first-order valence-electron chi connectivity index (χ1n) is 9.97. The molecule has 0 spiro atoms. The van der Waals surface area contributed by atoms with Gasteiger partial charge in [-0.25, -0.2) is 13.2 Å². The molecular formula is C22H26N2O6S. The van der Waals surface area contributed by atoms with Gasteiger partial charge in [-0.15, -0.1) is 0 Å². The van der Waals surface area contributed by atoms with Crippen LogP contribution in [0.3, 0.4) is 0 Å². The highest BCUT2D eigenvalue weighted by Crippen LogP contribution is 2.27. The molecule has 9 heteroatoms. The lowest BCUT2D eigenvalue weighted by molar-refractivity contribution is -0.123. The fraction of sp³-hybridized carbons (Fsp3) is 0.364. The lowest BCUT2D eigenvalue weighted by Gasteiger charge is -2.19. The molecule has 0 fully saturated rings. The number of ether oxygens (including phenoxy) is 2. The van der Waals surface area contributed by atoms with Crippen molar-refractivity contribution in [2.75, 3.05) is 18.6 Å². The monoisotopic (exact) mass is 446 g/mol. The van der Waals surface area contributed by atoms with Crippen molar-refractivity contribution in [3.05, 3.63) is 65.7 Å². The number of sulfone groups is 1. The fourth-order valence-corrected chi connectivity index (χ4v) is 3.88. The summed E-state index contributed by atoms with van der Waals surface area (Å²) < 4.78 is 34.1. The number of fused-ring (bicyclic) bond motifs is 1. The summed E-state index contributed by atoms with van der Waals surface area (Å²) in [5.74, 6) is 0.0629. The number of hydrogen-bond acceptors (Lipinski definition) is 6. The summed E-state index contributed by atoms with van der Waals surface area (Å²) in [6.45, 7) is 0.283. The Labute approximate surface area is 181 Å². The Morgan fingerprint density at radius 2 is 1.84 bits per heavy atom.